The normalized spacial score (nSPS) is 15.6. The van der Waals surface area contributed by atoms with E-state index in [9.17, 15) is 9.59 Å². The zero-order valence-corrected chi connectivity index (χ0v) is 16.1. The first-order chi connectivity index (χ1) is 13.1. The SMILES string of the molecule is COCCN1C(=O)S/C(=C/c2ccc(OCc3ccc(C)cc3)cc2)C1=O. The van der Waals surface area contributed by atoms with Gasteiger partial charge in [-0.3, -0.25) is 14.5 Å². The van der Waals surface area contributed by atoms with Crippen LogP contribution in [0.15, 0.2) is 53.4 Å². The lowest BCUT2D eigenvalue weighted by atomic mass is 10.1. The maximum atomic E-state index is 12.3. The molecule has 2 aromatic carbocycles. The number of amides is 2. The van der Waals surface area contributed by atoms with Crippen molar-refractivity contribution in [1.29, 1.82) is 0 Å². The molecule has 2 aromatic rings. The molecule has 0 radical (unpaired) electrons. The summed E-state index contributed by atoms with van der Waals surface area (Å²) in [5.74, 6) is 0.475. The summed E-state index contributed by atoms with van der Waals surface area (Å²) >= 11 is 0.952. The molecule has 1 heterocycles. The van der Waals surface area contributed by atoms with Crippen LogP contribution in [0.1, 0.15) is 16.7 Å². The van der Waals surface area contributed by atoms with E-state index in [1.54, 1.807) is 6.08 Å². The second-order valence-electron chi connectivity index (χ2n) is 6.17. The monoisotopic (exact) mass is 383 g/mol. The molecule has 0 aliphatic carbocycles. The Labute approximate surface area is 163 Å². The van der Waals surface area contributed by atoms with E-state index in [2.05, 4.69) is 19.1 Å². The van der Waals surface area contributed by atoms with Crippen LogP contribution in [0.3, 0.4) is 0 Å². The van der Waals surface area contributed by atoms with Crippen LogP contribution in [-0.4, -0.2) is 36.3 Å². The Bertz CT molecular complexity index is 843. The number of carbonyl (C=O) groups excluding carboxylic acids is 2. The molecule has 0 saturated carbocycles. The van der Waals surface area contributed by atoms with Gasteiger partial charge in [0.25, 0.3) is 11.1 Å². The lowest BCUT2D eigenvalue weighted by Gasteiger charge is -2.10. The number of rotatable bonds is 7. The number of nitrogens with zero attached hydrogens (tertiary/aromatic N) is 1. The molecule has 0 aromatic heterocycles. The van der Waals surface area contributed by atoms with E-state index in [0.717, 1.165) is 28.6 Å². The van der Waals surface area contributed by atoms with Crippen LogP contribution in [0.25, 0.3) is 6.08 Å². The highest BCUT2D eigenvalue weighted by atomic mass is 32.2. The van der Waals surface area contributed by atoms with Gasteiger partial charge in [0.1, 0.15) is 12.4 Å². The van der Waals surface area contributed by atoms with Crippen LogP contribution in [0.2, 0.25) is 0 Å². The zero-order chi connectivity index (χ0) is 19.2. The molecule has 0 spiro atoms. The standard InChI is InChI=1S/C21H21NO4S/c1-15-3-5-17(6-4-15)14-26-18-9-7-16(8-10-18)13-19-20(23)22(11-12-25-2)21(24)27-19/h3-10,13H,11-12,14H2,1-2H3/b19-13+. The Morgan fingerprint density at radius 3 is 2.41 bits per heavy atom. The number of carbonyl (C=O) groups is 2. The molecular formula is C21H21NO4S. The molecule has 5 nitrogen and oxygen atoms in total. The lowest BCUT2D eigenvalue weighted by molar-refractivity contribution is -0.123. The molecule has 3 rings (SSSR count). The van der Waals surface area contributed by atoms with Crippen molar-refractivity contribution in [3.05, 3.63) is 70.1 Å². The summed E-state index contributed by atoms with van der Waals surface area (Å²) < 4.78 is 10.7. The smallest absolute Gasteiger partial charge is 0.293 e. The predicted molar refractivity (Wildman–Crippen MR) is 107 cm³/mol. The number of methoxy groups -OCH3 is 1. The van der Waals surface area contributed by atoms with E-state index < -0.39 is 0 Å². The maximum Gasteiger partial charge on any atom is 0.293 e. The Morgan fingerprint density at radius 1 is 1.04 bits per heavy atom. The van der Waals surface area contributed by atoms with Gasteiger partial charge in [-0.2, -0.15) is 0 Å². The highest BCUT2D eigenvalue weighted by molar-refractivity contribution is 8.18. The third-order valence-electron chi connectivity index (χ3n) is 4.10. The minimum absolute atomic E-state index is 0.263. The fourth-order valence-electron chi connectivity index (χ4n) is 2.54. The second kappa shape index (κ2) is 8.88. The molecule has 1 saturated heterocycles. The Hall–Kier alpha value is -2.57. The highest BCUT2D eigenvalue weighted by Gasteiger charge is 2.34. The van der Waals surface area contributed by atoms with Crippen LogP contribution in [-0.2, 0) is 16.1 Å². The van der Waals surface area contributed by atoms with Crippen LogP contribution >= 0.6 is 11.8 Å². The number of imide groups is 1. The van der Waals surface area contributed by atoms with Gasteiger partial charge in [0.15, 0.2) is 0 Å². The van der Waals surface area contributed by atoms with Crippen molar-refractivity contribution in [2.45, 2.75) is 13.5 Å². The number of aryl methyl sites for hydroxylation is 1. The topological polar surface area (TPSA) is 55.8 Å². The van der Waals surface area contributed by atoms with E-state index >= 15 is 0 Å². The largest absolute Gasteiger partial charge is 0.489 e. The molecule has 2 amide bonds. The third-order valence-corrected chi connectivity index (χ3v) is 5.00. The summed E-state index contributed by atoms with van der Waals surface area (Å²) in [4.78, 5) is 25.9. The van der Waals surface area contributed by atoms with E-state index in [1.807, 2.05) is 36.4 Å². The lowest BCUT2D eigenvalue weighted by Crippen LogP contribution is -2.31. The van der Waals surface area contributed by atoms with Gasteiger partial charge in [0.2, 0.25) is 0 Å². The Kier molecular flexibility index (Phi) is 6.32. The van der Waals surface area contributed by atoms with Gasteiger partial charge in [0, 0.05) is 7.11 Å². The molecule has 140 valence electrons. The first-order valence-electron chi connectivity index (χ1n) is 8.59. The summed E-state index contributed by atoms with van der Waals surface area (Å²) in [6.45, 7) is 3.15. The molecule has 27 heavy (non-hydrogen) atoms. The van der Waals surface area contributed by atoms with E-state index in [-0.39, 0.29) is 17.7 Å². The fourth-order valence-corrected chi connectivity index (χ4v) is 3.40. The van der Waals surface area contributed by atoms with E-state index in [4.69, 9.17) is 9.47 Å². The molecule has 1 aliphatic heterocycles. The predicted octanol–water partition coefficient (Wildman–Crippen LogP) is 4.26. The molecule has 0 unspecified atom stereocenters. The van der Waals surface area contributed by atoms with Crippen LogP contribution in [0, 0.1) is 6.92 Å². The highest BCUT2D eigenvalue weighted by Crippen LogP contribution is 2.32. The zero-order valence-electron chi connectivity index (χ0n) is 15.3. The first-order valence-corrected chi connectivity index (χ1v) is 9.41. The van der Waals surface area contributed by atoms with Gasteiger partial charge in [0.05, 0.1) is 18.1 Å². The minimum atomic E-state index is -0.276. The van der Waals surface area contributed by atoms with Crippen LogP contribution in [0.5, 0.6) is 5.75 Å². The maximum absolute atomic E-state index is 12.3. The summed E-state index contributed by atoms with van der Waals surface area (Å²) in [6, 6.07) is 15.7. The second-order valence-corrected chi connectivity index (χ2v) is 7.16. The summed E-state index contributed by atoms with van der Waals surface area (Å²) in [6.07, 6.45) is 1.72. The van der Waals surface area contributed by atoms with Crippen molar-refractivity contribution < 1.29 is 19.1 Å². The van der Waals surface area contributed by atoms with Crippen molar-refractivity contribution in [2.24, 2.45) is 0 Å². The Balaban J connectivity index is 1.61. The number of benzene rings is 2. The van der Waals surface area contributed by atoms with Gasteiger partial charge in [-0.05, 0) is 48.0 Å². The van der Waals surface area contributed by atoms with Crippen molar-refractivity contribution in [3.8, 4) is 5.75 Å². The summed E-state index contributed by atoms with van der Waals surface area (Å²) in [5.41, 5.74) is 3.17. The summed E-state index contributed by atoms with van der Waals surface area (Å²) in [5, 5.41) is -0.263. The van der Waals surface area contributed by atoms with E-state index in [0.29, 0.717) is 18.1 Å². The van der Waals surface area contributed by atoms with Gasteiger partial charge in [-0.1, -0.05) is 42.0 Å². The molecule has 1 aliphatic rings. The Morgan fingerprint density at radius 2 is 1.74 bits per heavy atom. The average Bonchev–Trinajstić information content (AvgIpc) is 2.94. The van der Waals surface area contributed by atoms with Crippen LogP contribution < -0.4 is 4.74 Å². The molecule has 0 atom stereocenters. The number of hydrogen-bond donors (Lipinski definition) is 0. The van der Waals surface area contributed by atoms with Gasteiger partial charge < -0.3 is 9.47 Å². The molecule has 0 N–H and O–H groups in total. The average molecular weight is 383 g/mol. The van der Waals surface area contributed by atoms with Gasteiger partial charge in [-0.15, -0.1) is 0 Å². The van der Waals surface area contributed by atoms with Crippen molar-refractivity contribution >= 4 is 29.0 Å². The molecule has 0 bridgehead atoms. The molecule has 1 fully saturated rings. The van der Waals surface area contributed by atoms with Crippen molar-refractivity contribution in [2.75, 3.05) is 20.3 Å². The first kappa shape index (κ1) is 19.2. The van der Waals surface area contributed by atoms with Crippen LogP contribution in [0.4, 0.5) is 4.79 Å². The molecule has 6 heteroatoms. The quantitative estimate of drug-likeness (QED) is 0.669. The van der Waals surface area contributed by atoms with Gasteiger partial charge in [-0.25, -0.2) is 0 Å². The number of thioether (sulfide) groups is 1. The minimum Gasteiger partial charge on any atom is -0.489 e. The van der Waals surface area contributed by atoms with E-state index in [1.165, 1.54) is 17.6 Å². The number of hydrogen-bond acceptors (Lipinski definition) is 5. The molecular weight excluding hydrogens is 362 g/mol. The van der Waals surface area contributed by atoms with Gasteiger partial charge >= 0.3 is 0 Å². The van der Waals surface area contributed by atoms with Crippen molar-refractivity contribution in [1.82, 2.24) is 4.90 Å². The third kappa shape index (κ3) is 4.99. The summed E-state index contributed by atoms with van der Waals surface area (Å²) in [7, 11) is 1.54. The fraction of sp³-hybridized carbons (Fsp3) is 0.238. The van der Waals surface area contributed by atoms with Crippen molar-refractivity contribution in [3.63, 3.8) is 0 Å². The number of ether oxygens (including phenoxy) is 2.